The van der Waals surface area contributed by atoms with Gasteiger partial charge in [-0.05, 0) is 86.7 Å². The maximum atomic E-state index is 13.0. The van der Waals surface area contributed by atoms with Crippen molar-refractivity contribution in [3.8, 4) is 0 Å². The van der Waals surface area contributed by atoms with Gasteiger partial charge in [0.25, 0.3) is 5.91 Å². The summed E-state index contributed by atoms with van der Waals surface area (Å²) >= 11 is 0. The normalized spacial score (nSPS) is 20.7. The SMILES string of the molecule is CC(NC(=O)C1CC12CCNCC2)c1ccc(NC(=O)c2ccc(F)cc2)cc1. The van der Waals surface area contributed by atoms with Crippen molar-refractivity contribution in [1.29, 1.82) is 0 Å². The Bertz CT molecular complexity index is 889. The molecule has 2 fully saturated rings. The van der Waals surface area contributed by atoms with Gasteiger partial charge in [-0.2, -0.15) is 0 Å². The minimum Gasteiger partial charge on any atom is -0.349 e. The Hall–Kier alpha value is -2.73. The second kappa shape index (κ2) is 7.95. The number of hydrogen-bond acceptors (Lipinski definition) is 3. The van der Waals surface area contributed by atoms with Gasteiger partial charge in [0.15, 0.2) is 0 Å². The summed E-state index contributed by atoms with van der Waals surface area (Å²) in [5.41, 5.74) is 2.26. The van der Waals surface area contributed by atoms with Gasteiger partial charge in [0.1, 0.15) is 5.82 Å². The molecule has 1 aliphatic carbocycles. The molecule has 2 aromatic rings. The molecule has 0 aromatic heterocycles. The van der Waals surface area contributed by atoms with Gasteiger partial charge in [-0.25, -0.2) is 4.39 Å². The number of carbonyl (C=O) groups is 2. The molecule has 0 radical (unpaired) electrons. The molecule has 1 saturated carbocycles. The number of anilines is 1. The fourth-order valence-electron chi connectivity index (χ4n) is 4.25. The number of rotatable bonds is 5. The van der Waals surface area contributed by atoms with E-state index in [1.165, 1.54) is 24.3 Å². The molecule has 4 rings (SSSR count). The predicted octanol–water partition coefficient (Wildman–Crippen LogP) is 3.64. The van der Waals surface area contributed by atoms with Crippen molar-refractivity contribution in [1.82, 2.24) is 10.6 Å². The minimum atomic E-state index is -0.376. The summed E-state index contributed by atoms with van der Waals surface area (Å²) in [6.07, 6.45) is 3.17. The van der Waals surface area contributed by atoms with Gasteiger partial charge in [-0.3, -0.25) is 9.59 Å². The maximum Gasteiger partial charge on any atom is 0.255 e. The van der Waals surface area contributed by atoms with Crippen LogP contribution in [-0.2, 0) is 4.79 Å². The Kier molecular flexibility index (Phi) is 5.37. The average molecular weight is 395 g/mol. The number of nitrogens with one attached hydrogen (secondary N) is 3. The average Bonchev–Trinajstić information content (AvgIpc) is 3.42. The molecular weight excluding hydrogens is 369 g/mol. The standard InChI is InChI=1S/C23H26FN3O2/c1-15(26-22(29)20-14-23(20)10-12-25-13-11-23)16-4-8-19(9-5-16)27-21(28)17-2-6-18(24)7-3-17/h2-9,15,20,25H,10-14H2,1H3,(H,26,29)(H,27,28). The lowest BCUT2D eigenvalue weighted by atomic mass is 9.91. The predicted molar refractivity (Wildman–Crippen MR) is 110 cm³/mol. The largest absolute Gasteiger partial charge is 0.349 e. The topological polar surface area (TPSA) is 70.2 Å². The molecule has 29 heavy (non-hydrogen) atoms. The summed E-state index contributed by atoms with van der Waals surface area (Å²) in [7, 11) is 0. The van der Waals surface area contributed by atoms with Crippen LogP contribution in [0, 0.1) is 17.2 Å². The highest BCUT2D eigenvalue weighted by molar-refractivity contribution is 6.04. The second-order valence-electron chi connectivity index (χ2n) is 8.18. The molecule has 2 unspecified atom stereocenters. The third-order valence-corrected chi connectivity index (χ3v) is 6.24. The Morgan fingerprint density at radius 1 is 1.07 bits per heavy atom. The summed E-state index contributed by atoms with van der Waals surface area (Å²) in [5.74, 6) is -0.381. The van der Waals surface area contributed by atoms with Crippen molar-refractivity contribution in [3.63, 3.8) is 0 Å². The van der Waals surface area contributed by atoms with Crippen LogP contribution in [0.4, 0.5) is 10.1 Å². The number of piperidine rings is 1. The number of carbonyl (C=O) groups excluding carboxylic acids is 2. The van der Waals surface area contributed by atoms with Crippen LogP contribution in [0.5, 0.6) is 0 Å². The van der Waals surface area contributed by atoms with Gasteiger partial charge in [-0.15, -0.1) is 0 Å². The molecule has 0 bridgehead atoms. The third kappa shape index (κ3) is 4.32. The number of amides is 2. The van der Waals surface area contributed by atoms with Crippen molar-refractivity contribution in [2.75, 3.05) is 18.4 Å². The van der Waals surface area contributed by atoms with Crippen molar-refractivity contribution >= 4 is 17.5 Å². The Morgan fingerprint density at radius 2 is 1.72 bits per heavy atom. The summed E-state index contributed by atoms with van der Waals surface area (Å²) in [4.78, 5) is 24.9. The Labute approximate surface area is 170 Å². The first-order valence-electron chi connectivity index (χ1n) is 10.1. The monoisotopic (exact) mass is 395 g/mol. The van der Waals surface area contributed by atoms with E-state index in [-0.39, 0.29) is 35.0 Å². The van der Waals surface area contributed by atoms with E-state index in [0.717, 1.165) is 37.9 Å². The maximum absolute atomic E-state index is 13.0. The van der Waals surface area contributed by atoms with Gasteiger partial charge < -0.3 is 16.0 Å². The van der Waals surface area contributed by atoms with Gasteiger partial charge in [0.05, 0.1) is 6.04 Å². The highest BCUT2D eigenvalue weighted by Gasteiger charge is 2.57. The van der Waals surface area contributed by atoms with E-state index in [2.05, 4.69) is 16.0 Å². The molecule has 2 amide bonds. The molecule has 6 heteroatoms. The second-order valence-corrected chi connectivity index (χ2v) is 8.18. The van der Waals surface area contributed by atoms with Gasteiger partial charge >= 0.3 is 0 Å². The fourth-order valence-corrected chi connectivity index (χ4v) is 4.25. The molecule has 1 spiro atoms. The summed E-state index contributed by atoms with van der Waals surface area (Å²) in [6.45, 7) is 3.98. The first kappa shape index (κ1) is 19.6. The van der Waals surface area contributed by atoms with Crippen LogP contribution >= 0.6 is 0 Å². The van der Waals surface area contributed by atoms with E-state index in [0.29, 0.717) is 11.3 Å². The first-order valence-corrected chi connectivity index (χ1v) is 10.1. The fraction of sp³-hybridized carbons (Fsp3) is 0.391. The van der Waals surface area contributed by atoms with Crippen LogP contribution in [-0.4, -0.2) is 24.9 Å². The third-order valence-electron chi connectivity index (χ3n) is 6.24. The lowest BCUT2D eigenvalue weighted by molar-refractivity contribution is -0.123. The van der Waals surface area contributed by atoms with Gasteiger partial charge in [0.2, 0.25) is 5.91 Å². The summed E-state index contributed by atoms with van der Waals surface area (Å²) < 4.78 is 13.0. The molecule has 1 saturated heterocycles. The van der Waals surface area contributed by atoms with Crippen molar-refractivity contribution in [3.05, 3.63) is 65.5 Å². The molecular formula is C23H26FN3O2. The molecule has 5 nitrogen and oxygen atoms in total. The molecule has 152 valence electrons. The summed E-state index contributed by atoms with van der Waals surface area (Å²) in [5, 5.41) is 9.30. The van der Waals surface area contributed by atoms with E-state index in [4.69, 9.17) is 0 Å². The zero-order chi connectivity index (χ0) is 20.4. The lowest BCUT2D eigenvalue weighted by Crippen LogP contribution is -2.34. The number of halogens is 1. The summed E-state index contributed by atoms with van der Waals surface area (Å²) in [6, 6.07) is 12.7. The molecule has 2 aromatic carbocycles. The van der Waals surface area contributed by atoms with Crippen LogP contribution < -0.4 is 16.0 Å². The van der Waals surface area contributed by atoms with E-state index in [9.17, 15) is 14.0 Å². The quantitative estimate of drug-likeness (QED) is 0.724. The van der Waals surface area contributed by atoms with Crippen LogP contribution in [0.15, 0.2) is 48.5 Å². The zero-order valence-electron chi connectivity index (χ0n) is 16.5. The number of hydrogen-bond donors (Lipinski definition) is 3. The van der Waals surface area contributed by atoms with E-state index >= 15 is 0 Å². The van der Waals surface area contributed by atoms with E-state index < -0.39 is 0 Å². The molecule has 2 aliphatic rings. The Balaban J connectivity index is 1.32. The van der Waals surface area contributed by atoms with Crippen LogP contribution in [0.25, 0.3) is 0 Å². The minimum absolute atomic E-state index is 0.0938. The first-order chi connectivity index (χ1) is 14.0. The smallest absolute Gasteiger partial charge is 0.255 e. The van der Waals surface area contributed by atoms with Gasteiger partial charge in [-0.1, -0.05) is 12.1 Å². The van der Waals surface area contributed by atoms with E-state index in [1.54, 1.807) is 0 Å². The van der Waals surface area contributed by atoms with E-state index in [1.807, 2.05) is 31.2 Å². The van der Waals surface area contributed by atoms with Crippen LogP contribution in [0.3, 0.4) is 0 Å². The molecule has 1 heterocycles. The van der Waals surface area contributed by atoms with Crippen molar-refractivity contribution in [2.45, 2.75) is 32.2 Å². The van der Waals surface area contributed by atoms with Gasteiger partial charge in [0, 0.05) is 17.2 Å². The molecule has 3 N–H and O–H groups in total. The highest BCUT2D eigenvalue weighted by atomic mass is 19.1. The van der Waals surface area contributed by atoms with Crippen molar-refractivity contribution in [2.24, 2.45) is 11.3 Å². The van der Waals surface area contributed by atoms with Crippen LogP contribution in [0.2, 0.25) is 0 Å². The molecule has 1 aliphatic heterocycles. The highest BCUT2D eigenvalue weighted by Crippen LogP contribution is 2.58. The Morgan fingerprint density at radius 3 is 2.38 bits per heavy atom. The number of benzene rings is 2. The zero-order valence-corrected chi connectivity index (χ0v) is 16.5. The van der Waals surface area contributed by atoms with Crippen LogP contribution in [0.1, 0.15) is 48.1 Å². The van der Waals surface area contributed by atoms with Crippen molar-refractivity contribution < 1.29 is 14.0 Å². The molecule has 2 atom stereocenters. The lowest BCUT2D eigenvalue weighted by Gasteiger charge is -2.24.